The van der Waals surface area contributed by atoms with Gasteiger partial charge in [0, 0.05) is 0 Å². The van der Waals surface area contributed by atoms with Crippen LogP contribution in [0.25, 0.3) is 0 Å². The molecule has 0 spiro atoms. The lowest BCUT2D eigenvalue weighted by Gasteiger charge is -1.92. The van der Waals surface area contributed by atoms with E-state index in [-0.39, 0.29) is 0 Å². The molecule has 0 atom stereocenters. The molecule has 1 rings (SSSR count). The topological polar surface area (TPSA) is 26.0 Å². The van der Waals surface area contributed by atoms with Gasteiger partial charge in [0.25, 0.3) is 0 Å². The quantitative estimate of drug-likeness (QED) is 0.563. The Hall–Kier alpha value is -0.755. The predicted molar refractivity (Wildman–Crippen MR) is 41.5 cm³/mol. The van der Waals surface area contributed by atoms with Crippen molar-refractivity contribution in [2.75, 3.05) is 0 Å². The molecule has 2 heteroatoms. The van der Waals surface area contributed by atoms with Gasteiger partial charge in [0.15, 0.2) is 0 Å². The fourth-order valence-corrected chi connectivity index (χ4v) is 0.811. The molecule has 0 unspecified atom stereocenters. The third-order valence-electron chi connectivity index (χ3n) is 1.28. The highest BCUT2D eigenvalue weighted by atomic mass is 14.3. The van der Waals surface area contributed by atoms with E-state index >= 15 is 0 Å². The van der Waals surface area contributed by atoms with Crippen molar-refractivity contribution in [2.45, 2.75) is 6.32 Å². The lowest BCUT2D eigenvalue weighted by molar-refractivity contribution is 1.37. The van der Waals surface area contributed by atoms with Crippen LogP contribution in [0.5, 0.6) is 0 Å². The molecule has 9 heavy (non-hydrogen) atoms. The van der Waals surface area contributed by atoms with Crippen molar-refractivity contribution in [1.82, 2.24) is 0 Å². The van der Waals surface area contributed by atoms with E-state index in [0.29, 0.717) is 0 Å². The molecule has 0 bridgehead atoms. The second-order valence-corrected chi connectivity index (χ2v) is 2.02. The highest BCUT2D eigenvalue weighted by Crippen LogP contribution is 1.96. The largest absolute Gasteiger partial charge is 0.372 e. The van der Waals surface area contributed by atoms with E-state index in [0.717, 1.165) is 13.7 Å². The van der Waals surface area contributed by atoms with Gasteiger partial charge in [-0.15, -0.1) is 0 Å². The molecular weight excluding hydrogens is 109 g/mol. The molecule has 0 saturated heterocycles. The fourth-order valence-electron chi connectivity index (χ4n) is 0.811. The maximum Gasteiger partial charge on any atom is 0.202 e. The SMILES string of the molecule is NBCc1ccccc1. The molecule has 0 aliphatic carbocycles. The minimum Gasteiger partial charge on any atom is -0.372 e. The van der Waals surface area contributed by atoms with Gasteiger partial charge >= 0.3 is 0 Å². The van der Waals surface area contributed by atoms with Crippen LogP contribution in [0, 0.1) is 0 Å². The van der Waals surface area contributed by atoms with Crippen molar-refractivity contribution in [2.24, 2.45) is 5.64 Å². The van der Waals surface area contributed by atoms with Gasteiger partial charge in [-0.05, 0) is 6.32 Å². The van der Waals surface area contributed by atoms with Crippen molar-refractivity contribution < 1.29 is 0 Å². The molecule has 1 aromatic rings. The van der Waals surface area contributed by atoms with Crippen molar-refractivity contribution in [3.63, 3.8) is 0 Å². The highest BCUT2D eigenvalue weighted by Gasteiger charge is 1.86. The number of hydrogen-bond acceptors (Lipinski definition) is 1. The van der Waals surface area contributed by atoms with Gasteiger partial charge in [-0.3, -0.25) is 0 Å². The molecule has 2 N–H and O–H groups in total. The summed E-state index contributed by atoms with van der Waals surface area (Å²) in [4.78, 5) is 0. The van der Waals surface area contributed by atoms with Crippen LogP contribution in [0.3, 0.4) is 0 Å². The molecule has 0 radical (unpaired) electrons. The summed E-state index contributed by atoms with van der Waals surface area (Å²) in [6.45, 7) is 0. The van der Waals surface area contributed by atoms with Gasteiger partial charge < -0.3 is 5.64 Å². The Kier molecular flexibility index (Phi) is 2.34. The Morgan fingerprint density at radius 3 is 2.44 bits per heavy atom. The molecule has 0 aliphatic rings. The monoisotopic (exact) mass is 119 g/mol. The summed E-state index contributed by atoms with van der Waals surface area (Å²) in [6, 6.07) is 10.3. The summed E-state index contributed by atoms with van der Waals surface area (Å²) in [5.41, 5.74) is 6.68. The van der Waals surface area contributed by atoms with Crippen LogP contribution in [-0.4, -0.2) is 7.41 Å². The molecule has 0 fully saturated rings. The van der Waals surface area contributed by atoms with Gasteiger partial charge in [0.1, 0.15) is 0 Å². The lowest BCUT2D eigenvalue weighted by atomic mass is 9.86. The Bertz CT molecular complexity index is 162. The van der Waals surface area contributed by atoms with Gasteiger partial charge in [-0.2, -0.15) is 0 Å². The van der Waals surface area contributed by atoms with E-state index < -0.39 is 0 Å². The molecule has 0 saturated carbocycles. The van der Waals surface area contributed by atoms with Gasteiger partial charge in [0.05, 0.1) is 0 Å². The fraction of sp³-hybridized carbons (Fsp3) is 0.143. The van der Waals surface area contributed by atoms with Crippen LogP contribution in [0.4, 0.5) is 0 Å². The summed E-state index contributed by atoms with van der Waals surface area (Å²) in [7, 11) is 0.740. The first-order chi connectivity index (χ1) is 4.43. The lowest BCUT2D eigenvalue weighted by Crippen LogP contribution is -2.07. The summed E-state index contributed by atoms with van der Waals surface area (Å²) < 4.78 is 0. The average molecular weight is 119 g/mol. The smallest absolute Gasteiger partial charge is 0.202 e. The van der Waals surface area contributed by atoms with Crippen LogP contribution in [0.2, 0.25) is 0 Å². The zero-order chi connectivity index (χ0) is 6.53. The number of hydrogen-bond donors (Lipinski definition) is 1. The third kappa shape index (κ3) is 1.90. The van der Waals surface area contributed by atoms with Gasteiger partial charge in [-0.25, -0.2) is 0 Å². The van der Waals surface area contributed by atoms with Crippen LogP contribution in [-0.2, 0) is 6.32 Å². The van der Waals surface area contributed by atoms with Crippen LogP contribution < -0.4 is 5.64 Å². The summed E-state index contributed by atoms with van der Waals surface area (Å²) in [5.74, 6) is 0. The molecular formula is C7H10BN. The number of rotatable bonds is 2. The van der Waals surface area contributed by atoms with Crippen molar-refractivity contribution in [3.05, 3.63) is 35.9 Å². The molecule has 0 aromatic heterocycles. The first kappa shape index (κ1) is 6.37. The molecule has 0 heterocycles. The van der Waals surface area contributed by atoms with Gasteiger partial charge in [0.2, 0.25) is 7.41 Å². The molecule has 1 nitrogen and oxygen atoms in total. The first-order valence-corrected chi connectivity index (χ1v) is 3.17. The van der Waals surface area contributed by atoms with E-state index in [1.807, 2.05) is 18.2 Å². The van der Waals surface area contributed by atoms with Crippen LogP contribution in [0.1, 0.15) is 5.56 Å². The summed E-state index contributed by atoms with van der Waals surface area (Å²) in [5, 5.41) is 0. The average Bonchev–Trinajstić information content (AvgIpc) is 1.91. The molecule has 46 valence electrons. The maximum absolute atomic E-state index is 5.36. The third-order valence-corrected chi connectivity index (χ3v) is 1.28. The Balaban J connectivity index is 2.61. The van der Waals surface area contributed by atoms with Crippen molar-refractivity contribution in [1.29, 1.82) is 0 Å². The van der Waals surface area contributed by atoms with Crippen molar-refractivity contribution >= 4 is 7.41 Å². The maximum atomic E-state index is 5.36. The van der Waals surface area contributed by atoms with E-state index in [4.69, 9.17) is 5.64 Å². The normalized spacial score (nSPS) is 9.00. The van der Waals surface area contributed by atoms with Gasteiger partial charge in [-0.1, -0.05) is 35.9 Å². The Labute approximate surface area is 56.1 Å². The second kappa shape index (κ2) is 3.31. The second-order valence-electron chi connectivity index (χ2n) is 2.02. The first-order valence-electron chi connectivity index (χ1n) is 3.17. The molecule has 0 aliphatic heterocycles. The van der Waals surface area contributed by atoms with E-state index in [9.17, 15) is 0 Å². The summed E-state index contributed by atoms with van der Waals surface area (Å²) >= 11 is 0. The standard InChI is InChI=1S/C7H10BN/c9-8-6-7-4-2-1-3-5-7/h1-5,8H,6,9H2. The Morgan fingerprint density at radius 1 is 1.22 bits per heavy atom. The van der Waals surface area contributed by atoms with E-state index in [1.54, 1.807) is 0 Å². The molecule has 0 amide bonds. The Morgan fingerprint density at radius 2 is 1.89 bits per heavy atom. The zero-order valence-corrected chi connectivity index (χ0v) is 5.38. The molecule has 1 aromatic carbocycles. The zero-order valence-electron chi connectivity index (χ0n) is 5.38. The predicted octanol–water partition coefficient (Wildman–Crippen LogP) is 0.497. The van der Waals surface area contributed by atoms with Crippen LogP contribution in [0.15, 0.2) is 30.3 Å². The van der Waals surface area contributed by atoms with E-state index in [1.165, 1.54) is 5.56 Å². The highest BCUT2D eigenvalue weighted by molar-refractivity contribution is 6.30. The number of benzene rings is 1. The number of nitrogens with two attached hydrogens (primary N) is 1. The minimum atomic E-state index is 0.740. The minimum absolute atomic E-state index is 0.740. The van der Waals surface area contributed by atoms with Crippen LogP contribution >= 0.6 is 0 Å². The summed E-state index contributed by atoms with van der Waals surface area (Å²) in [6.07, 6.45) is 0.987. The van der Waals surface area contributed by atoms with Crippen molar-refractivity contribution in [3.8, 4) is 0 Å². The van der Waals surface area contributed by atoms with E-state index in [2.05, 4.69) is 12.1 Å².